The molecule has 0 aromatic heterocycles. The molecule has 0 aromatic carbocycles. The minimum absolute atomic E-state index is 0.00394. The molecular formula is C70H128N12O12S. The van der Waals surface area contributed by atoms with Crippen LogP contribution in [0.5, 0.6) is 0 Å². The summed E-state index contributed by atoms with van der Waals surface area (Å²) in [4.78, 5) is 171. The van der Waals surface area contributed by atoms with Gasteiger partial charge in [0, 0.05) is 49.3 Å². The van der Waals surface area contributed by atoms with Gasteiger partial charge in [0.05, 0.1) is 18.0 Å². The van der Waals surface area contributed by atoms with E-state index < -0.39 is 160 Å². The Balaban J connectivity index is 4.64. The van der Waals surface area contributed by atoms with Crippen molar-refractivity contribution in [3.63, 3.8) is 0 Å². The van der Waals surface area contributed by atoms with Crippen molar-refractivity contribution in [2.75, 3.05) is 62.4 Å². The van der Waals surface area contributed by atoms with Crippen molar-refractivity contribution in [3.05, 3.63) is 12.2 Å². The molecule has 1 saturated heterocycles. The number of carbonyl (C=O) groups excluding carboxylic acids is 11. The van der Waals surface area contributed by atoms with Crippen molar-refractivity contribution in [2.45, 2.75) is 261 Å². The lowest BCUT2D eigenvalue weighted by Gasteiger charge is -2.49. The standard InChI is InChI=1S/C70H128N12O12S/c1-29-31-32-46(15)58(84)57-62(88)74-50(30-2)64(90)76(22)39-55(83)77(23)51(35-40(3)4)61(87)75-56(44(11)12)67(93)78(24)52(36-41(5)6)60(86)72-47(16)59(85)73-48(17)63(89)79(25)53(37-42(7)8)65(91)80(26)54(38-43(9)10)66(92)82(28)70(45(13)14,68(94)81(57)27)95-49(18)71-34-33-69(19,20)21/h29,31,40-54,56-58,71,84H,30,32-39H2,1-28H3,(H,72,86)(H,73,85)(H,74,88)(H,75,87)/b31-29+/t46-,47+,48-,49?,50+,51+,52+,53+,54+,56+,57+,58-,70+/m1/s1. The SMILES string of the molecule is C/C=C/C[C@@H](C)[C@@H](O)[C@H]1C(=O)N[C@@H](CC)C(=O)N(C)CC(=O)N(C)[C@@H](CC(C)C)C(=O)N[C@@H](C(C)C)C(=O)N(C)[C@@H](CC(C)C)C(=O)N[C@@H](C)C(=O)N[C@H](C)C(=O)N(C)[C@@H](CC(C)C)C(=O)N(C)[C@@H](CC(C)C)C(=O)N(C)[C@](SC(C)NCCC(C)(C)C)(C(C)C)C(=O)N1C. The van der Waals surface area contributed by atoms with Crippen molar-refractivity contribution in [1.82, 2.24) is 60.9 Å². The second-order valence-electron chi connectivity index (χ2n) is 30.2. The molecular weight excluding hydrogens is 1230 g/mol. The minimum atomic E-state index is -1.89. The molecule has 546 valence electrons. The van der Waals surface area contributed by atoms with Gasteiger partial charge in [-0.2, -0.15) is 0 Å². The van der Waals surface area contributed by atoms with Gasteiger partial charge in [0.1, 0.15) is 54.4 Å². The summed E-state index contributed by atoms with van der Waals surface area (Å²) >= 11 is 1.16. The number of likely N-dealkylation sites (N-methyl/N-ethyl adjacent to an activating group) is 7. The lowest BCUT2D eigenvalue weighted by Crippen LogP contribution is -2.68. The Hall–Kier alpha value is -5.82. The van der Waals surface area contributed by atoms with Gasteiger partial charge in [-0.05, 0) is 126 Å². The first kappa shape index (κ1) is 87.2. The number of aliphatic hydroxyl groups excluding tert-OH is 1. The van der Waals surface area contributed by atoms with E-state index in [9.17, 15) is 38.7 Å². The lowest BCUT2D eigenvalue weighted by atomic mass is 9.91. The zero-order valence-electron chi connectivity index (χ0n) is 63.4. The monoisotopic (exact) mass is 1360 g/mol. The van der Waals surface area contributed by atoms with E-state index in [4.69, 9.17) is 0 Å². The number of aliphatic hydroxyl groups is 1. The largest absolute Gasteiger partial charge is 0.390 e. The molecule has 1 unspecified atom stereocenters. The van der Waals surface area contributed by atoms with Crippen molar-refractivity contribution in [2.24, 2.45) is 46.8 Å². The van der Waals surface area contributed by atoms with Crippen LogP contribution in [-0.2, 0) is 52.7 Å². The predicted octanol–water partition coefficient (Wildman–Crippen LogP) is 5.70. The maximum atomic E-state index is 16.4. The zero-order valence-corrected chi connectivity index (χ0v) is 64.2. The first-order valence-corrected chi connectivity index (χ1v) is 35.3. The summed E-state index contributed by atoms with van der Waals surface area (Å²) in [6, 6.07) is -11.4. The summed E-state index contributed by atoms with van der Waals surface area (Å²) in [6.45, 7) is 38.3. The van der Waals surface area contributed by atoms with E-state index in [0.717, 1.165) is 28.0 Å². The molecule has 24 nitrogen and oxygen atoms in total. The van der Waals surface area contributed by atoms with Crippen LogP contribution in [-0.4, -0.2) is 238 Å². The van der Waals surface area contributed by atoms with Crippen LogP contribution in [0.3, 0.4) is 0 Å². The number of rotatable bonds is 20. The quantitative estimate of drug-likeness (QED) is 0.0630. The number of thioether (sulfide) groups is 1. The number of allylic oxidation sites excluding steroid dienone is 2. The van der Waals surface area contributed by atoms with Gasteiger partial charge in [-0.15, -0.1) is 11.8 Å². The molecule has 0 radical (unpaired) electrons. The molecule has 0 bridgehead atoms. The van der Waals surface area contributed by atoms with Crippen LogP contribution >= 0.6 is 11.8 Å². The molecule has 1 aliphatic rings. The lowest BCUT2D eigenvalue weighted by molar-refractivity contribution is -0.159. The Kier molecular flexibility index (Phi) is 35.7. The highest BCUT2D eigenvalue weighted by Gasteiger charge is 2.55. The summed E-state index contributed by atoms with van der Waals surface area (Å²) in [5.41, 5.74) is -0.0691. The van der Waals surface area contributed by atoms with Crippen LogP contribution < -0.4 is 26.6 Å². The average molecular weight is 1360 g/mol. The number of hydrogen-bond donors (Lipinski definition) is 6. The van der Waals surface area contributed by atoms with Crippen LogP contribution in [0.4, 0.5) is 0 Å². The van der Waals surface area contributed by atoms with E-state index >= 15 is 19.2 Å². The first-order valence-electron chi connectivity index (χ1n) is 34.5. The normalized spacial score (nSPS) is 26.7. The fourth-order valence-electron chi connectivity index (χ4n) is 11.8. The maximum Gasteiger partial charge on any atom is 0.259 e. The van der Waals surface area contributed by atoms with E-state index in [1.54, 1.807) is 47.6 Å². The summed E-state index contributed by atoms with van der Waals surface area (Å²) in [7, 11) is 10.1. The van der Waals surface area contributed by atoms with Crippen LogP contribution in [0.2, 0.25) is 0 Å². The second kappa shape index (κ2) is 38.9. The fraction of sp³-hybridized carbons (Fsp3) is 0.814. The fourth-order valence-corrected chi connectivity index (χ4v) is 13.3. The Morgan fingerprint density at radius 3 is 1.48 bits per heavy atom. The molecule has 95 heavy (non-hydrogen) atoms. The minimum Gasteiger partial charge on any atom is -0.390 e. The number of hydrogen-bond acceptors (Lipinski definition) is 14. The Morgan fingerprint density at radius 1 is 0.568 bits per heavy atom. The summed E-state index contributed by atoms with van der Waals surface area (Å²) in [5.74, 6) is -10.1. The summed E-state index contributed by atoms with van der Waals surface area (Å²) in [6.07, 6.45) is 3.66. The van der Waals surface area contributed by atoms with E-state index in [0.29, 0.717) is 6.54 Å². The van der Waals surface area contributed by atoms with Crippen molar-refractivity contribution in [3.8, 4) is 0 Å². The molecule has 1 rings (SSSR count). The zero-order chi connectivity index (χ0) is 73.8. The molecule has 13 atom stereocenters. The second-order valence-corrected chi connectivity index (χ2v) is 31.8. The van der Waals surface area contributed by atoms with Gasteiger partial charge in [0.15, 0.2) is 4.87 Å². The molecule has 11 amide bonds. The summed E-state index contributed by atoms with van der Waals surface area (Å²) in [5, 5.41) is 26.7. The van der Waals surface area contributed by atoms with Gasteiger partial charge in [0.2, 0.25) is 59.1 Å². The molecule has 1 fully saturated rings. The van der Waals surface area contributed by atoms with Gasteiger partial charge in [-0.1, -0.05) is 130 Å². The molecule has 1 aliphatic heterocycles. The van der Waals surface area contributed by atoms with E-state index in [1.165, 1.54) is 87.7 Å². The third-order valence-electron chi connectivity index (χ3n) is 18.0. The Morgan fingerprint density at radius 2 is 1.02 bits per heavy atom. The van der Waals surface area contributed by atoms with Gasteiger partial charge in [-0.3, -0.25) is 52.7 Å². The summed E-state index contributed by atoms with van der Waals surface area (Å²) < 4.78 is 0. The number of carbonyl (C=O) groups is 11. The van der Waals surface area contributed by atoms with Gasteiger partial charge in [0.25, 0.3) is 5.91 Å². The third kappa shape index (κ3) is 24.9. The van der Waals surface area contributed by atoms with Gasteiger partial charge in [-0.25, -0.2) is 0 Å². The van der Waals surface area contributed by atoms with Crippen LogP contribution in [0.15, 0.2) is 12.2 Å². The highest BCUT2D eigenvalue weighted by molar-refractivity contribution is 8.01. The molecule has 0 spiro atoms. The van der Waals surface area contributed by atoms with Crippen LogP contribution in [0.25, 0.3) is 0 Å². The molecule has 6 N–H and O–H groups in total. The van der Waals surface area contributed by atoms with Crippen molar-refractivity contribution >= 4 is 76.7 Å². The average Bonchev–Trinajstić information content (AvgIpc) is 0.755. The smallest absolute Gasteiger partial charge is 0.259 e. The highest BCUT2D eigenvalue weighted by atomic mass is 32.2. The van der Waals surface area contributed by atoms with Gasteiger partial charge >= 0.3 is 0 Å². The molecule has 0 aromatic rings. The maximum absolute atomic E-state index is 16.4. The van der Waals surface area contributed by atoms with E-state index in [-0.39, 0.29) is 67.6 Å². The van der Waals surface area contributed by atoms with Gasteiger partial charge < -0.3 is 66.0 Å². The van der Waals surface area contributed by atoms with E-state index in [2.05, 4.69) is 47.4 Å². The number of nitrogens with one attached hydrogen (secondary N) is 5. The molecule has 0 aliphatic carbocycles. The molecule has 1 heterocycles. The first-order chi connectivity index (χ1) is 43.7. The third-order valence-corrected chi connectivity index (χ3v) is 19.8. The Labute approximate surface area is 575 Å². The topological polar surface area (TPSA) is 291 Å². The van der Waals surface area contributed by atoms with Crippen molar-refractivity contribution in [1.29, 1.82) is 0 Å². The molecule has 25 heteroatoms. The number of nitrogens with zero attached hydrogens (tertiary/aromatic N) is 7. The molecule has 0 saturated carbocycles. The Bertz CT molecular complexity index is 2610. The van der Waals surface area contributed by atoms with Crippen LogP contribution in [0.1, 0.15) is 190 Å². The number of amides is 11. The van der Waals surface area contributed by atoms with Crippen LogP contribution in [0, 0.1) is 46.8 Å². The van der Waals surface area contributed by atoms with Crippen molar-refractivity contribution < 1.29 is 57.8 Å². The predicted molar refractivity (Wildman–Crippen MR) is 377 cm³/mol. The van der Waals surface area contributed by atoms with E-state index in [1.807, 2.05) is 75.3 Å². The highest BCUT2D eigenvalue weighted by Crippen LogP contribution is 2.42.